The average Bonchev–Trinajstić information content (AvgIpc) is 2.30. The van der Waals surface area contributed by atoms with Crippen molar-refractivity contribution < 1.29 is 4.92 Å². The maximum Gasteiger partial charge on any atom is 0.272 e. The fraction of sp³-hybridized carbons (Fsp3) is 0.385. The summed E-state index contributed by atoms with van der Waals surface area (Å²) in [7, 11) is 0. The molecular formula is C13H16N2O2. The van der Waals surface area contributed by atoms with Crippen LogP contribution in [0.15, 0.2) is 18.2 Å². The number of nitrogens with zero attached hydrogens (tertiary/aromatic N) is 1. The second kappa shape index (κ2) is 6.66. The molecule has 0 saturated carbocycles. The molecule has 1 N–H and O–H groups in total. The fourth-order valence-electron chi connectivity index (χ4n) is 1.60. The number of nitro benzene ring substituents is 1. The molecule has 0 spiro atoms. The second-order valence-electron chi connectivity index (χ2n) is 3.80. The summed E-state index contributed by atoms with van der Waals surface area (Å²) in [6.07, 6.45) is 6.82. The number of nitrogens with one attached hydrogen (secondary N) is 1. The van der Waals surface area contributed by atoms with E-state index in [0.717, 1.165) is 30.5 Å². The molecule has 4 heteroatoms. The van der Waals surface area contributed by atoms with Crippen molar-refractivity contribution in [2.45, 2.75) is 26.3 Å². The Morgan fingerprint density at radius 1 is 1.53 bits per heavy atom. The van der Waals surface area contributed by atoms with Crippen LogP contribution in [-0.2, 0) is 6.54 Å². The Labute approximate surface area is 101 Å². The third-order valence-electron chi connectivity index (χ3n) is 2.60. The molecule has 0 unspecified atom stereocenters. The molecule has 4 nitrogen and oxygen atoms in total. The molecule has 0 fully saturated rings. The van der Waals surface area contributed by atoms with Gasteiger partial charge in [-0.25, -0.2) is 0 Å². The van der Waals surface area contributed by atoms with Gasteiger partial charge in [-0.05, 0) is 25.5 Å². The van der Waals surface area contributed by atoms with Gasteiger partial charge in [-0.2, -0.15) is 0 Å². The van der Waals surface area contributed by atoms with Crippen LogP contribution in [0.25, 0.3) is 0 Å². The van der Waals surface area contributed by atoms with E-state index < -0.39 is 0 Å². The molecule has 0 aliphatic carbocycles. The molecule has 0 aromatic heterocycles. The van der Waals surface area contributed by atoms with Crippen LogP contribution in [0.3, 0.4) is 0 Å². The topological polar surface area (TPSA) is 55.2 Å². The number of rotatable bonds is 6. The summed E-state index contributed by atoms with van der Waals surface area (Å²) in [6, 6.07) is 5.14. The number of terminal acetylenes is 1. The summed E-state index contributed by atoms with van der Waals surface area (Å²) in [5, 5.41) is 14.0. The monoisotopic (exact) mass is 232 g/mol. The Bertz CT molecular complexity index is 436. The Balaban J connectivity index is 2.57. The minimum Gasteiger partial charge on any atom is -0.313 e. The molecule has 17 heavy (non-hydrogen) atoms. The lowest BCUT2D eigenvalue weighted by Gasteiger charge is -2.07. The Kier molecular flexibility index (Phi) is 5.18. The van der Waals surface area contributed by atoms with Gasteiger partial charge < -0.3 is 5.32 Å². The highest BCUT2D eigenvalue weighted by molar-refractivity contribution is 5.44. The van der Waals surface area contributed by atoms with Gasteiger partial charge in [0.2, 0.25) is 0 Å². The van der Waals surface area contributed by atoms with Crippen LogP contribution < -0.4 is 5.32 Å². The summed E-state index contributed by atoms with van der Waals surface area (Å²) >= 11 is 0. The molecule has 1 rings (SSSR count). The number of unbranched alkanes of at least 4 members (excludes halogenated alkanes) is 1. The van der Waals surface area contributed by atoms with Crippen LogP contribution in [0.1, 0.15) is 24.0 Å². The van der Waals surface area contributed by atoms with E-state index >= 15 is 0 Å². The Hall–Kier alpha value is -1.86. The minimum absolute atomic E-state index is 0.174. The van der Waals surface area contributed by atoms with Crippen molar-refractivity contribution in [2.75, 3.05) is 6.54 Å². The van der Waals surface area contributed by atoms with Gasteiger partial charge in [0.05, 0.1) is 4.92 Å². The fourth-order valence-corrected chi connectivity index (χ4v) is 1.60. The molecule has 0 aliphatic rings. The average molecular weight is 232 g/mol. The predicted molar refractivity (Wildman–Crippen MR) is 67.6 cm³/mol. The van der Waals surface area contributed by atoms with E-state index in [9.17, 15) is 10.1 Å². The highest BCUT2D eigenvalue weighted by Gasteiger charge is 2.12. The maximum atomic E-state index is 10.8. The van der Waals surface area contributed by atoms with E-state index in [1.54, 1.807) is 13.0 Å². The van der Waals surface area contributed by atoms with Crippen molar-refractivity contribution >= 4 is 5.69 Å². The normalized spacial score (nSPS) is 9.88. The lowest BCUT2D eigenvalue weighted by molar-refractivity contribution is -0.385. The Morgan fingerprint density at radius 3 is 2.94 bits per heavy atom. The van der Waals surface area contributed by atoms with E-state index in [1.807, 2.05) is 6.07 Å². The summed E-state index contributed by atoms with van der Waals surface area (Å²) in [4.78, 5) is 10.4. The van der Waals surface area contributed by atoms with Gasteiger partial charge in [-0.15, -0.1) is 12.3 Å². The lowest BCUT2D eigenvalue weighted by atomic mass is 10.1. The van der Waals surface area contributed by atoms with Crippen LogP contribution in [0.2, 0.25) is 0 Å². The van der Waals surface area contributed by atoms with Gasteiger partial charge in [-0.1, -0.05) is 12.1 Å². The predicted octanol–water partition coefficient (Wildman–Crippen LogP) is 2.41. The van der Waals surface area contributed by atoms with Crippen molar-refractivity contribution in [3.05, 3.63) is 39.4 Å². The van der Waals surface area contributed by atoms with Crippen LogP contribution in [0.4, 0.5) is 5.69 Å². The minimum atomic E-state index is -0.350. The van der Waals surface area contributed by atoms with Gasteiger partial charge >= 0.3 is 0 Å². The SMILES string of the molecule is C#CCCCNCc1cccc([N+](=O)[O-])c1C. The van der Waals surface area contributed by atoms with Crippen LogP contribution in [-0.4, -0.2) is 11.5 Å². The number of hydrogen-bond donors (Lipinski definition) is 1. The molecule has 0 bridgehead atoms. The van der Waals surface area contributed by atoms with Gasteiger partial charge in [0, 0.05) is 24.6 Å². The number of benzene rings is 1. The van der Waals surface area contributed by atoms with Gasteiger partial charge in [-0.3, -0.25) is 10.1 Å². The van der Waals surface area contributed by atoms with Crippen molar-refractivity contribution in [1.29, 1.82) is 0 Å². The summed E-state index contributed by atoms with van der Waals surface area (Å²) < 4.78 is 0. The first-order valence-electron chi connectivity index (χ1n) is 5.54. The third kappa shape index (κ3) is 3.89. The molecule has 0 saturated heterocycles. The summed E-state index contributed by atoms with van der Waals surface area (Å²) in [6.45, 7) is 3.24. The summed E-state index contributed by atoms with van der Waals surface area (Å²) in [5.74, 6) is 2.57. The zero-order chi connectivity index (χ0) is 12.7. The van der Waals surface area contributed by atoms with Gasteiger partial charge in [0.25, 0.3) is 5.69 Å². The van der Waals surface area contributed by atoms with Gasteiger partial charge in [0.1, 0.15) is 0 Å². The lowest BCUT2D eigenvalue weighted by Crippen LogP contribution is -2.15. The zero-order valence-electron chi connectivity index (χ0n) is 9.90. The molecule has 0 radical (unpaired) electrons. The van der Waals surface area contributed by atoms with Crippen LogP contribution in [0.5, 0.6) is 0 Å². The molecule has 1 aromatic carbocycles. The van der Waals surface area contributed by atoms with E-state index in [-0.39, 0.29) is 10.6 Å². The quantitative estimate of drug-likeness (QED) is 0.354. The van der Waals surface area contributed by atoms with Crippen molar-refractivity contribution in [2.24, 2.45) is 0 Å². The molecule has 0 amide bonds. The largest absolute Gasteiger partial charge is 0.313 e. The molecule has 0 aliphatic heterocycles. The smallest absolute Gasteiger partial charge is 0.272 e. The van der Waals surface area contributed by atoms with Crippen molar-refractivity contribution in [1.82, 2.24) is 5.32 Å². The number of nitro groups is 1. The third-order valence-corrected chi connectivity index (χ3v) is 2.60. The van der Waals surface area contributed by atoms with E-state index in [0.29, 0.717) is 6.54 Å². The molecule has 0 atom stereocenters. The van der Waals surface area contributed by atoms with Crippen molar-refractivity contribution in [3.8, 4) is 12.3 Å². The first kappa shape index (κ1) is 13.2. The highest BCUT2D eigenvalue weighted by atomic mass is 16.6. The second-order valence-corrected chi connectivity index (χ2v) is 3.80. The number of hydrogen-bond acceptors (Lipinski definition) is 3. The van der Waals surface area contributed by atoms with E-state index in [2.05, 4.69) is 11.2 Å². The van der Waals surface area contributed by atoms with Crippen LogP contribution >= 0.6 is 0 Å². The molecular weight excluding hydrogens is 216 g/mol. The first-order chi connectivity index (χ1) is 8.16. The van der Waals surface area contributed by atoms with E-state index in [4.69, 9.17) is 6.42 Å². The molecule has 1 aromatic rings. The maximum absolute atomic E-state index is 10.8. The Morgan fingerprint density at radius 2 is 2.29 bits per heavy atom. The highest BCUT2D eigenvalue weighted by Crippen LogP contribution is 2.20. The summed E-state index contributed by atoms with van der Waals surface area (Å²) in [5.41, 5.74) is 1.86. The molecule has 0 heterocycles. The zero-order valence-corrected chi connectivity index (χ0v) is 9.90. The van der Waals surface area contributed by atoms with Crippen LogP contribution in [0, 0.1) is 29.4 Å². The van der Waals surface area contributed by atoms with E-state index in [1.165, 1.54) is 6.07 Å². The first-order valence-corrected chi connectivity index (χ1v) is 5.54. The standard InChI is InChI=1S/C13H16N2O2/c1-3-4-5-9-14-10-12-7-6-8-13(11(12)2)15(16)17/h1,6-8,14H,4-5,9-10H2,2H3. The van der Waals surface area contributed by atoms with Crippen molar-refractivity contribution in [3.63, 3.8) is 0 Å². The van der Waals surface area contributed by atoms with Gasteiger partial charge in [0.15, 0.2) is 0 Å². The molecule has 90 valence electrons.